The van der Waals surface area contributed by atoms with Crippen molar-refractivity contribution in [2.45, 2.75) is 52.9 Å². The van der Waals surface area contributed by atoms with Crippen molar-refractivity contribution < 1.29 is 4.79 Å². The molecule has 0 atom stereocenters. The van der Waals surface area contributed by atoms with E-state index in [1.54, 1.807) is 0 Å². The molecule has 1 rings (SSSR count). The van der Waals surface area contributed by atoms with Gasteiger partial charge >= 0.3 is 0 Å². The van der Waals surface area contributed by atoms with Gasteiger partial charge in [0.25, 0.3) is 0 Å². The maximum absolute atomic E-state index is 10.7. The summed E-state index contributed by atoms with van der Waals surface area (Å²) < 4.78 is 0. The topological polar surface area (TPSA) is 42.9 Å². The zero-order valence-electron chi connectivity index (χ0n) is 10.7. The molecule has 0 aromatic carbocycles. The van der Waals surface area contributed by atoms with Crippen LogP contribution in [0.4, 0.5) is 0 Å². The van der Waals surface area contributed by atoms with Crippen LogP contribution in [0.1, 0.15) is 62.3 Å². The van der Waals surface area contributed by atoms with Crippen LogP contribution in [0.3, 0.4) is 0 Å². The van der Waals surface area contributed by atoms with Gasteiger partial charge in [-0.15, -0.1) is 0 Å². The standard InChI is InChI=1S/C13H20N2O/c1-8(2)12-11(6-7-16)10(5)14-13(15-12)9(3)4/h7-9H,6H2,1-5H3. The van der Waals surface area contributed by atoms with Crippen molar-refractivity contribution in [3.05, 3.63) is 22.8 Å². The second-order valence-electron chi connectivity index (χ2n) is 4.71. The largest absolute Gasteiger partial charge is 0.303 e. The van der Waals surface area contributed by atoms with E-state index >= 15 is 0 Å². The van der Waals surface area contributed by atoms with E-state index in [1.165, 1.54) is 0 Å². The van der Waals surface area contributed by atoms with Crippen LogP contribution >= 0.6 is 0 Å². The van der Waals surface area contributed by atoms with Gasteiger partial charge < -0.3 is 4.79 Å². The predicted octanol–water partition coefficient (Wildman–Crippen LogP) is 2.77. The molecule has 0 spiro atoms. The van der Waals surface area contributed by atoms with Gasteiger partial charge in [-0.05, 0) is 12.8 Å². The van der Waals surface area contributed by atoms with Crippen LogP contribution in [0.25, 0.3) is 0 Å². The van der Waals surface area contributed by atoms with Crippen LogP contribution in [-0.2, 0) is 11.2 Å². The Morgan fingerprint density at radius 1 is 1.12 bits per heavy atom. The zero-order chi connectivity index (χ0) is 12.3. The molecule has 0 aliphatic heterocycles. The summed E-state index contributed by atoms with van der Waals surface area (Å²) >= 11 is 0. The zero-order valence-corrected chi connectivity index (χ0v) is 10.7. The Morgan fingerprint density at radius 2 is 1.75 bits per heavy atom. The molecule has 0 bridgehead atoms. The molecule has 0 amide bonds. The van der Waals surface area contributed by atoms with E-state index in [1.807, 2.05) is 6.92 Å². The highest BCUT2D eigenvalue weighted by molar-refractivity contribution is 5.56. The summed E-state index contributed by atoms with van der Waals surface area (Å²) in [6.07, 6.45) is 1.34. The van der Waals surface area contributed by atoms with Crippen LogP contribution in [-0.4, -0.2) is 16.3 Å². The number of carbonyl (C=O) groups excluding carboxylic acids is 1. The molecule has 1 heterocycles. The lowest BCUT2D eigenvalue weighted by atomic mass is 9.99. The quantitative estimate of drug-likeness (QED) is 0.733. The smallest absolute Gasteiger partial charge is 0.131 e. The highest BCUT2D eigenvalue weighted by Crippen LogP contribution is 2.22. The first-order valence-corrected chi connectivity index (χ1v) is 5.78. The molecule has 3 heteroatoms. The number of nitrogens with zero attached hydrogens (tertiary/aromatic N) is 2. The third kappa shape index (κ3) is 2.65. The number of aromatic nitrogens is 2. The van der Waals surface area contributed by atoms with Gasteiger partial charge in [0.1, 0.15) is 12.1 Å². The van der Waals surface area contributed by atoms with E-state index in [0.29, 0.717) is 18.3 Å². The summed E-state index contributed by atoms with van der Waals surface area (Å²) in [5.41, 5.74) is 2.95. The van der Waals surface area contributed by atoms with Crippen molar-refractivity contribution in [2.24, 2.45) is 0 Å². The molecule has 0 aliphatic rings. The number of aryl methyl sites for hydroxylation is 1. The third-order valence-corrected chi connectivity index (χ3v) is 2.61. The Balaban J connectivity index is 3.33. The van der Waals surface area contributed by atoms with Gasteiger partial charge in [-0.2, -0.15) is 0 Å². The highest BCUT2D eigenvalue weighted by atomic mass is 16.1. The fourth-order valence-corrected chi connectivity index (χ4v) is 1.71. The molecule has 88 valence electrons. The number of aldehydes is 1. The third-order valence-electron chi connectivity index (χ3n) is 2.61. The second-order valence-corrected chi connectivity index (χ2v) is 4.71. The van der Waals surface area contributed by atoms with E-state index in [0.717, 1.165) is 29.1 Å². The molecular formula is C13H20N2O. The van der Waals surface area contributed by atoms with E-state index in [4.69, 9.17) is 0 Å². The lowest BCUT2D eigenvalue weighted by Crippen LogP contribution is -2.10. The number of hydrogen-bond donors (Lipinski definition) is 0. The lowest BCUT2D eigenvalue weighted by molar-refractivity contribution is -0.107. The summed E-state index contributed by atoms with van der Waals surface area (Å²) in [7, 11) is 0. The van der Waals surface area contributed by atoms with Crippen molar-refractivity contribution in [2.75, 3.05) is 0 Å². The maximum Gasteiger partial charge on any atom is 0.131 e. The Labute approximate surface area is 97.3 Å². The monoisotopic (exact) mass is 220 g/mol. The Bertz CT molecular complexity index is 384. The summed E-state index contributed by atoms with van der Waals surface area (Å²) in [5.74, 6) is 1.52. The average molecular weight is 220 g/mol. The molecule has 0 saturated heterocycles. The van der Waals surface area contributed by atoms with Crippen molar-refractivity contribution in [3.8, 4) is 0 Å². The van der Waals surface area contributed by atoms with Gasteiger partial charge in [-0.25, -0.2) is 9.97 Å². The van der Waals surface area contributed by atoms with Gasteiger partial charge in [0.05, 0.1) is 5.69 Å². The molecule has 0 saturated carbocycles. The summed E-state index contributed by atoms with van der Waals surface area (Å²) in [6, 6.07) is 0. The summed E-state index contributed by atoms with van der Waals surface area (Å²) in [6.45, 7) is 10.3. The summed E-state index contributed by atoms with van der Waals surface area (Å²) in [4.78, 5) is 19.7. The molecular weight excluding hydrogens is 200 g/mol. The minimum atomic E-state index is 0.321. The van der Waals surface area contributed by atoms with Gasteiger partial charge in [0.2, 0.25) is 0 Å². The van der Waals surface area contributed by atoms with E-state index < -0.39 is 0 Å². The maximum atomic E-state index is 10.7. The molecule has 1 aromatic heterocycles. The SMILES string of the molecule is Cc1nc(C(C)C)nc(C(C)C)c1CC=O. The summed E-state index contributed by atoms with van der Waals surface area (Å²) in [5, 5.41) is 0. The molecule has 0 unspecified atom stereocenters. The molecule has 1 aromatic rings. The predicted molar refractivity (Wildman–Crippen MR) is 64.7 cm³/mol. The molecule has 0 fully saturated rings. The van der Waals surface area contributed by atoms with Crippen LogP contribution < -0.4 is 0 Å². The molecule has 0 N–H and O–H groups in total. The van der Waals surface area contributed by atoms with Gasteiger partial charge in [-0.1, -0.05) is 27.7 Å². The van der Waals surface area contributed by atoms with Crippen molar-refractivity contribution in [1.82, 2.24) is 9.97 Å². The van der Waals surface area contributed by atoms with Crippen molar-refractivity contribution in [1.29, 1.82) is 0 Å². The Kier molecular flexibility index (Phi) is 4.16. The van der Waals surface area contributed by atoms with Gasteiger partial charge in [-0.3, -0.25) is 0 Å². The molecule has 0 aliphatic carbocycles. The van der Waals surface area contributed by atoms with Crippen molar-refractivity contribution >= 4 is 6.29 Å². The van der Waals surface area contributed by atoms with E-state index in [-0.39, 0.29) is 0 Å². The fourth-order valence-electron chi connectivity index (χ4n) is 1.71. The van der Waals surface area contributed by atoms with Gasteiger partial charge in [0.15, 0.2) is 0 Å². The van der Waals surface area contributed by atoms with Crippen LogP contribution in [0.2, 0.25) is 0 Å². The minimum absolute atomic E-state index is 0.321. The number of rotatable bonds is 4. The highest BCUT2D eigenvalue weighted by Gasteiger charge is 2.15. The van der Waals surface area contributed by atoms with Crippen LogP contribution in [0, 0.1) is 6.92 Å². The average Bonchev–Trinajstić information content (AvgIpc) is 2.20. The Morgan fingerprint density at radius 3 is 2.19 bits per heavy atom. The fraction of sp³-hybridized carbons (Fsp3) is 0.615. The molecule has 3 nitrogen and oxygen atoms in total. The Hall–Kier alpha value is -1.25. The second kappa shape index (κ2) is 5.19. The first-order chi connectivity index (χ1) is 7.47. The lowest BCUT2D eigenvalue weighted by Gasteiger charge is -2.15. The minimum Gasteiger partial charge on any atom is -0.303 e. The number of carbonyl (C=O) groups is 1. The normalized spacial score (nSPS) is 11.2. The van der Waals surface area contributed by atoms with Crippen molar-refractivity contribution in [3.63, 3.8) is 0 Å². The van der Waals surface area contributed by atoms with Crippen LogP contribution in [0.5, 0.6) is 0 Å². The van der Waals surface area contributed by atoms with Crippen LogP contribution in [0.15, 0.2) is 0 Å². The van der Waals surface area contributed by atoms with Gasteiger partial charge in [0, 0.05) is 23.6 Å². The number of hydrogen-bond acceptors (Lipinski definition) is 3. The first kappa shape index (κ1) is 12.8. The van der Waals surface area contributed by atoms with E-state index in [9.17, 15) is 4.79 Å². The van der Waals surface area contributed by atoms with E-state index in [2.05, 4.69) is 37.7 Å². The molecule has 0 radical (unpaired) electrons. The first-order valence-electron chi connectivity index (χ1n) is 5.78. The molecule has 16 heavy (non-hydrogen) atoms.